The topological polar surface area (TPSA) is 64.6 Å². The molecule has 5 nitrogen and oxygen atoms in total. The van der Waals surface area contributed by atoms with Gasteiger partial charge in [0.15, 0.2) is 5.78 Å². The standard InChI is InChI=1S/C22H23NO4/c1-3-27-22(25)16-4-8-18(9-5-16)23-19-12-17(13-20(24)14-19)15-6-10-21(26-2)11-7-15/h4-11,14,17,23H,3,12-13H2,1-2H3/t17-/m0/s1. The van der Waals surface area contributed by atoms with Crippen molar-refractivity contribution in [3.63, 3.8) is 0 Å². The van der Waals surface area contributed by atoms with Gasteiger partial charge in [-0.25, -0.2) is 4.79 Å². The van der Waals surface area contributed by atoms with E-state index in [1.807, 2.05) is 36.4 Å². The molecule has 1 aliphatic rings. The van der Waals surface area contributed by atoms with Gasteiger partial charge in [0, 0.05) is 23.9 Å². The van der Waals surface area contributed by atoms with Crippen molar-refractivity contribution in [2.75, 3.05) is 19.0 Å². The Kier molecular flexibility index (Phi) is 5.91. The van der Waals surface area contributed by atoms with Crippen LogP contribution in [0.15, 0.2) is 60.3 Å². The second kappa shape index (κ2) is 8.54. The number of methoxy groups -OCH3 is 1. The van der Waals surface area contributed by atoms with Crippen molar-refractivity contribution >= 4 is 17.4 Å². The van der Waals surface area contributed by atoms with E-state index in [1.54, 1.807) is 32.2 Å². The highest BCUT2D eigenvalue weighted by Crippen LogP contribution is 2.32. The molecule has 2 aromatic carbocycles. The van der Waals surface area contributed by atoms with E-state index in [1.165, 1.54) is 0 Å². The molecule has 0 heterocycles. The molecule has 0 amide bonds. The van der Waals surface area contributed by atoms with Crippen molar-refractivity contribution in [1.82, 2.24) is 0 Å². The minimum Gasteiger partial charge on any atom is -0.497 e. The second-order valence-corrected chi connectivity index (χ2v) is 6.44. The fourth-order valence-corrected chi connectivity index (χ4v) is 3.18. The van der Waals surface area contributed by atoms with Crippen LogP contribution >= 0.6 is 0 Å². The first-order valence-corrected chi connectivity index (χ1v) is 9.00. The largest absolute Gasteiger partial charge is 0.497 e. The first-order chi connectivity index (χ1) is 13.1. The number of carbonyl (C=O) groups excluding carboxylic acids is 2. The second-order valence-electron chi connectivity index (χ2n) is 6.44. The molecule has 5 heteroatoms. The normalized spacial score (nSPS) is 16.4. The Balaban J connectivity index is 1.69. The van der Waals surface area contributed by atoms with Crippen molar-refractivity contribution in [3.05, 3.63) is 71.4 Å². The molecule has 3 rings (SSSR count). The summed E-state index contributed by atoms with van der Waals surface area (Å²) < 4.78 is 10.2. The zero-order valence-electron chi connectivity index (χ0n) is 15.5. The number of nitrogens with one attached hydrogen (secondary N) is 1. The van der Waals surface area contributed by atoms with Gasteiger partial charge in [0.2, 0.25) is 0 Å². The summed E-state index contributed by atoms with van der Waals surface area (Å²) in [5.74, 6) is 0.703. The zero-order valence-corrected chi connectivity index (χ0v) is 15.5. The van der Waals surface area contributed by atoms with Crippen LogP contribution in [0.3, 0.4) is 0 Å². The van der Waals surface area contributed by atoms with Gasteiger partial charge in [-0.3, -0.25) is 4.79 Å². The van der Waals surface area contributed by atoms with E-state index in [2.05, 4.69) is 5.32 Å². The van der Waals surface area contributed by atoms with Crippen molar-refractivity contribution in [2.24, 2.45) is 0 Å². The van der Waals surface area contributed by atoms with E-state index < -0.39 is 0 Å². The van der Waals surface area contributed by atoms with E-state index in [0.29, 0.717) is 18.6 Å². The molecular weight excluding hydrogens is 342 g/mol. The number of rotatable bonds is 6. The maximum Gasteiger partial charge on any atom is 0.338 e. The monoisotopic (exact) mass is 365 g/mol. The van der Waals surface area contributed by atoms with Crippen LogP contribution in [0.4, 0.5) is 5.69 Å². The molecule has 0 bridgehead atoms. The van der Waals surface area contributed by atoms with Gasteiger partial charge in [-0.05, 0) is 61.2 Å². The average Bonchev–Trinajstić information content (AvgIpc) is 2.68. The summed E-state index contributed by atoms with van der Waals surface area (Å²) in [5, 5.41) is 3.30. The predicted molar refractivity (Wildman–Crippen MR) is 104 cm³/mol. The summed E-state index contributed by atoms with van der Waals surface area (Å²) >= 11 is 0. The fourth-order valence-electron chi connectivity index (χ4n) is 3.18. The molecule has 0 saturated carbocycles. The van der Waals surface area contributed by atoms with Crippen LogP contribution < -0.4 is 10.1 Å². The van der Waals surface area contributed by atoms with E-state index in [-0.39, 0.29) is 17.7 Å². The van der Waals surface area contributed by atoms with Crippen LogP contribution in [-0.4, -0.2) is 25.5 Å². The van der Waals surface area contributed by atoms with Gasteiger partial charge in [-0.15, -0.1) is 0 Å². The van der Waals surface area contributed by atoms with E-state index in [9.17, 15) is 9.59 Å². The van der Waals surface area contributed by atoms with Crippen LogP contribution in [0.5, 0.6) is 5.75 Å². The lowest BCUT2D eigenvalue weighted by atomic mass is 9.85. The SMILES string of the molecule is CCOC(=O)c1ccc(NC2=CC(=O)C[C@@H](c3ccc(OC)cc3)C2)cc1. The number of ether oxygens (including phenoxy) is 2. The summed E-state index contributed by atoms with van der Waals surface area (Å²) in [5.41, 5.74) is 3.33. The molecule has 0 spiro atoms. The highest BCUT2D eigenvalue weighted by molar-refractivity contribution is 5.93. The van der Waals surface area contributed by atoms with Gasteiger partial charge >= 0.3 is 5.97 Å². The number of carbonyl (C=O) groups is 2. The Bertz CT molecular complexity index is 838. The molecule has 1 aliphatic carbocycles. The van der Waals surface area contributed by atoms with E-state index in [0.717, 1.165) is 29.1 Å². The highest BCUT2D eigenvalue weighted by Gasteiger charge is 2.22. The van der Waals surface area contributed by atoms with Gasteiger partial charge < -0.3 is 14.8 Å². The Morgan fingerprint density at radius 1 is 1.07 bits per heavy atom. The lowest BCUT2D eigenvalue weighted by Gasteiger charge is -2.23. The third-order valence-electron chi connectivity index (χ3n) is 4.54. The van der Waals surface area contributed by atoms with E-state index in [4.69, 9.17) is 9.47 Å². The van der Waals surface area contributed by atoms with Gasteiger partial charge in [0.05, 0.1) is 19.3 Å². The molecule has 0 aliphatic heterocycles. The van der Waals surface area contributed by atoms with Crippen LogP contribution in [0.2, 0.25) is 0 Å². The predicted octanol–water partition coefficient (Wildman–Crippen LogP) is 4.31. The summed E-state index contributed by atoms with van der Waals surface area (Å²) in [4.78, 5) is 23.9. The third-order valence-corrected chi connectivity index (χ3v) is 4.54. The van der Waals surface area contributed by atoms with Crippen molar-refractivity contribution in [1.29, 1.82) is 0 Å². The maximum absolute atomic E-state index is 12.2. The number of anilines is 1. The quantitative estimate of drug-likeness (QED) is 0.773. The molecule has 1 N–H and O–H groups in total. The molecule has 27 heavy (non-hydrogen) atoms. The summed E-state index contributed by atoms with van der Waals surface area (Å²) in [6, 6.07) is 14.9. The number of esters is 1. The number of benzene rings is 2. The van der Waals surface area contributed by atoms with E-state index >= 15 is 0 Å². The summed E-state index contributed by atoms with van der Waals surface area (Å²) in [7, 11) is 1.64. The van der Waals surface area contributed by atoms with Crippen molar-refractivity contribution in [2.45, 2.75) is 25.7 Å². The molecule has 2 aromatic rings. The Hall–Kier alpha value is -3.08. The fraction of sp³-hybridized carbons (Fsp3) is 0.273. The van der Waals surface area contributed by atoms with Crippen LogP contribution in [-0.2, 0) is 9.53 Å². The first kappa shape index (κ1) is 18.7. The minimum absolute atomic E-state index is 0.104. The van der Waals surface area contributed by atoms with Crippen LogP contribution in [0.25, 0.3) is 0 Å². The number of ketones is 1. The van der Waals surface area contributed by atoms with Crippen LogP contribution in [0.1, 0.15) is 41.6 Å². The molecule has 140 valence electrons. The smallest absolute Gasteiger partial charge is 0.338 e. The highest BCUT2D eigenvalue weighted by atomic mass is 16.5. The molecule has 0 unspecified atom stereocenters. The van der Waals surface area contributed by atoms with Crippen molar-refractivity contribution < 1.29 is 19.1 Å². The third kappa shape index (κ3) is 4.76. The number of hydrogen-bond donors (Lipinski definition) is 1. The number of allylic oxidation sites excluding steroid dienone is 2. The average molecular weight is 365 g/mol. The van der Waals surface area contributed by atoms with Crippen LogP contribution in [0, 0.1) is 0 Å². The Labute approximate surface area is 159 Å². The molecule has 0 saturated heterocycles. The Morgan fingerprint density at radius 2 is 1.78 bits per heavy atom. The van der Waals surface area contributed by atoms with Crippen molar-refractivity contribution in [3.8, 4) is 5.75 Å². The number of hydrogen-bond acceptors (Lipinski definition) is 5. The lowest BCUT2D eigenvalue weighted by molar-refractivity contribution is -0.115. The molecular formula is C22H23NO4. The molecule has 0 radical (unpaired) electrons. The molecule has 1 atom stereocenters. The maximum atomic E-state index is 12.2. The van der Waals surface area contributed by atoms with Gasteiger partial charge in [-0.1, -0.05) is 12.1 Å². The lowest BCUT2D eigenvalue weighted by Crippen LogP contribution is -2.16. The summed E-state index contributed by atoms with van der Waals surface area (Å²) in [6.07, 6.45) is 2.91. The van der Waals surface area contributed by atoms with Gasteiger partial charge in [-0.2, -0.15) is 0 Å². The minimum atomic E-state index is -0.337. The summed E-state index contributed by atoms with van der Waals surface area (Å²) in [6.45, 7) is 2.13. The first-order valence-electron chi connectivity index (χ1n) is 9.00. The van der Waals surface area contributed by atoms with Gasteiger partial charge in [0.1, 0.15) is 5.75 Å². The Morgan fingerprint density at radius 3 is 2.41 bits per heavy atom. The van der Waals surface area contributed by atoms with Gasteiger partial charge in [0.25, 0.3) is 0 Å². The molecule has 0 aromatic heterocycles. The molecule has 0 fully saturated rings. The zero-order chi connectivity index (χ0) is 19.2.